The van der Waals surface area contributed by atoms with Gasteiger partial charge in [-0.2, -0.15) is 5.10 Å². The molecule has 13 N–H and O–H groups in total. The number of aliphatic hydroxyl groups is 6. The van der Waals surface area contributed by atoms with Gasteiger partial charge >= 0.3 is 0 Å². The summed E-state index contributed by atoms with van der Waals surface area (Å²) in [7, 11) is 0. The van der Waals surface area contributed by atoms with Crippen molar-refractivity contribution in [1.29, 1.82) is 0 Å². The number of thioether (sulfide) groups is 1. The van der Waals surface area contributed by atoms with Gasteiger partial charge < -0.3 is 62.0 Å². The van der Waals surface area contributed by atoms with E-state index in [2.05, 4.69) is 15.4 Å². The summed E-state index contributed by atoms with van der Waals surface area (Å²) in [5, 5.41) is 71.7. The molecule has 46 heavy (non-hydrogen) atoms. The highest BCUT2D eigenvalue weighted by Crippen LogP contribution is 2.38. The highest BCUT2D eigenvalue weighted by Gasteiger charge is 2.51. The summed E-state index contributed by atoms with van der Waals surface area (Å²) in [6, 6.07) is -1.40. The number of hydrazone groups is 1. The third-order valence-electron chi connectivity index (χ3n) is 8.20. The lowest BCUT2D eigenvalue weighted by Crippen LogP contribution is -2.65. The fraction of sp³-hybridized carbons (Fsp3) is 0.630. The van der Waals surface area contributed by atoms with Crippen molar-refractivity contribution in [2.24, 2.45) is 33.4 Å². The number of ether oxygens (including phenoxy) is 2. The number of piperidine rings is 1. The Morgan fingerprint density at radius 2 is 1.52 bits per heavy atom. The van der Waals surface area contributed by atoms with E-state index in [1.54, 1.807) is 0 Å². The molecule has 0 saturated carbocycles. The Morgan fingerprint density at radius 3 is 2.09 bits per heavy atom. The third-order valence-corrected chi connectivity index (χ3v) is 9.52. The van der Waals surface area contributed by atoms with E-state index in [1.807, 2.05) is 0 Å². The van der Waals surface area contributed by atoms with Gasteiger partial charge in [-0.05, 0) is 38.1 Å². The minimum Gasteiger partial charge on any atom is -0.397 e. The molecule has 0 aromatic heterocycles. The Labute approximate surface area is 266 Å². The number of halogens is 3. The highest BCUT2D eigenvalue weighted by molar-refractivity contribution is 8.00. The van der Waals surface area contributed by atoms with Gasteiger partial charge in [0.05, 0.1) is 24.6 Å². The van der Waals surface area contributed by atoms with Crippen molar-refractivity contribution in [1.82, 2.24) is 10.3 Å². The maximum atomic E-state index is 13.8. The SMILES string of the molecule is NN=C(C=NC1C(O)C(CO)OC(SC2OC(CO)C(O)[C@H](N(N)/C=C(\N)c3cc(F)c(F)c(F)c3)C2O)[C@@H]1O)C1CCNCC1. The van der Waals surface area contributed by atoms with Gasteiger partial charge in [0.1, 0.15) is 59.6 Å². The molecule has 3 aliphatic rings. The van der Waals surface area contributed by atoms with Crippen LogP contribution in [-0.2, 0) is 9.47 Å². The third kappa shape index (κ3) is 7.93. The molecule has 10 atom stereocenters. The summed E-state index contributed by atoms with van der Waals surface area (Å²) in [5.74, 6) is 6.99. The zero-order valence-corrected chi connectivity index (χ0v) is 25.3. The molecule has 1 aromatic carbocycles. The average Bonchev–Trinajstić information content (AvgIpc) is 3.04. The normalized spacial score (nSPS) is 35.1. The van der Waals surface area contributed by atoms with E-state index in [4.69, 9.17) is 26.9 Å². The molecule has 19 heteroatoms. The molecule has 258 valence electrons. The quantitative estimate of drug-likeness (QED) is 0.0522. The van der Waals surface area contributed by atoms with Gasteiger partial charge in [0.15, 0.2) is 17.5 Å². The topological polar surface area (TPSA) is 258 Å². The van der Waals surface area contributed by atoms with Crippen LogP contribution in [0.25, 0.3) is 5.70 Å². The fourth-order valence-electron chi connectivity index (χ4n) is 5.59. The Kier molecular flexibility index (Phi) is 12.6. The Bertz CT molecular complexity index is 1260. The van der Waals surface area contributed by atoms with Crippen LogP contribution in [0.5, 0.6) is 0 Å². The summed E-state index contributed by atoms with van der Waals surface area (Å²) < 4.78 is 52.3. The molecule has 0 spiro atoms. The van der Waals surface area contributed by atoms with Crippen LogP contribution in [0.15, 0.2) is 28.4 Å². The molecule has 0 radical (unpaired) electrons. The van der Waals surface area contributed by atoms with Crippen LogP contribution in [0.3, 0.4) is 0 Å². The number of aliphatic imine (C=N–C) groups is 1. The second-order valence-electron chi connectivity index (χ2n) is 11.2. The van der Waals surface area contributed by atoms with E-state index in [0.29, 0.717) is 29.6 Å². The number of rotatable bonds is 10. The molecule has 3 fully saturated rings. The zero-order chi connectivity index (χ0) is 33.7. The van der Waals surface area contributed by atoms with Gasteiger partial charge in [-0.1, -0.05) is 11.8 Å². The molecule has 0 bridgehead atoms. The van der Waals surface area contributed by atoms with Gasteiger partial charge in [-0.15, -0.1) is 0 Å². The maximum Gasteiger partial charge on any atom is 0.194 e. The van der Waals surface area contributed by atoms with Crippen LogP contribution in [0.2, 0.25) is 0 Å². The van der Waals surface area contributed by atoms with Gasteiger partial charge in [0.2, 0.25) is 0 Å². The minimum absolute atomic E-state index is 0.0101. The number of hydrogen-bond donors (Lipinski definition) is 10. The molecule has 1 aromatic rings. The lowest BCUT2D eigenvalue weighted by Gasteiger charge is -2.47. The van der Waals surface area contributed by atoms with E-state index >= 15 is 0 Å². The number of benzene rings is 1. The lowest BCUT2D eigenvalue weighted by atomic mass is 9.93. The van der Waals surface area contributed by atoms with Crippen molar-refractivity contribution < 1.29 is 53.3 Å². The second kappa shape index (κ2) is 16.0. The minimum atomic E-state index is -1.70. The van der Waals surface area contributed by atoms with E-state index in [-0.39, 0.29) is 17.2 Å². The molecule has 4 rings (SSSR count). The standard InChI is InChI=1S/C27H40F3N7O8S/c28-13-5-12(6-14(29)19(13)30)15(31)8-37(33)21-23(41)18(10-39)45-27(25(21)43)46-26-24(42)20(22(40)17(9-38)44-26)35-7-16(36-32)11-1-3-34-4-2-11/h5-8,11,17-18,20-27,34,38-43H,1-4,9-10,31-33H2/b15-8-,35-7?,36-16?/t17?,18?,20?,21-,22?,23?,24+,25?,26?,27?/m0/s1. The zero-order valence-electron chi connectivity index (χ0n) is 24.5. The predicted molar refractivity (Wildman–Crippen MR) is 161 cm³/mol. The van der Waals surface area contributed by atoms with E-state index in [1.165, 1.54) is 6.21 Å². The largest absolute Gasteiger partial charge is 0.397 e. The summed E-state index contributed by atoms with van der Waals surface area (Å²) in [6.07, 6.45) is -4.97. The van der Waals surface area contributed by atoms with E-state index < -0.39 is 90.2 Å². The van der Waals surface area contributed by atoms with Crippen LogP contribution >= 0.6 is 11.8 Å². The predicted octanol–water partition coefficient (Wildman–Crippen LogP) is -2.73. The average molecular weight is 680 g/mol. The number of hydrogen-bond acceptors (Lipinski definition) is 16. The summed E-state index contributed by atoms with van der Waals surface area (Å²) in [4.78, 5) is 4.35. The first-order valence-electron chi connectivity index (χ1n) is 14.5. The molecule has 3 heterocycles. The first-order valence-corrected chi connectivity index (χ1v) is 15.4. The van der Waals surface area contributed by atoms with Gasteiger partial charge in [-0.25, -0.2) is 19.0 Å². The Morgan fingerprint density at radius 1 is 0.957 bits per heavy atom. The monoisotopic (exact) mass is 679 g/mol. The number of hydrazine groups is 1. The van der Waals surface area contributed by atoms with E-state index in [0.717, 1.165) is 37.1 Å². The number of nitrogens with two attached hydrogens (primary N) is 3. The second-order valence-corrected chi connectivity index (χ2v) is 12.4. The van der Waals surface area contributed by atoms with Crippen molar-refractivity contribution in [3.8, 4) is 0 Å². The first kappa shape index (κ1) is 36.3. The highest BCUT2D eigenvalue weighted by atomic mass is 32.2. The summed E-state index contributed by atoms with van der Waals surface area (Å²) in [5.41, 5.74) is 3.13. The van der Waals surface area contributed by atoms with Crippen molar-refractivity contribution in [3.63, 3.8) is 0 Å². The van der Waals surface area contributed by atoms with Gasteiger partial charge in [0, 0.05) is 23.9 Å². The van der Waals surface area contributed by atoms with Crippen LogP contribution in [-0.4, -0.2) is 133 Å². The van der Waals surface area contributed by atoms with Crippen LogP contribution < -0.4 is 22.7 Å². The van der Waals surface area contributed by atoms with Crippen LogP contribution in [0, 0.1) is 23.4 Å². The molecule has 3 saturated heterocycles. The molecule has 0 amide bonds. The van der Waals surface area contributed by atoms with Crippen LogP contribution in [0.4, 0.5) is 13.2 Å². The van der Waals surface area contributed by atoms with Crippen LogP contribution in [0.1, 0.15) is 18.4 Å². The molecular formula is C27H40F3N7O8S. The Hall–Kier alpha value is -2.56. The number of nitrogens with zero attached hydrogens (tertiary/aromatic N) is 3. The molecular weight excluding hydrogens is 639 g/mol. The first-order chi connectivity index (χ1) is 21.9. The maximum absolute atomic E-state index is 13.8. The van der Waals surface area contributed by atoms with Crippen molar-refractivity contribution in [2.75, 3.05) is 26.3 Å². The van der Waals surface area contributed by atoms with Crippen molar-refractivity contribution in [2.45, 2.75) is 72.4 Å². The smallest absolute Gasteiger partial charge is 0.194 e. The molecule has 8 unspecified atom stereocenters. The number of nitrogens with one attached hydrogen (secondary N) is 1. The van der Waals surface area contributed by atoms with Gasteiger partial charge in [0.25, 0.3) is 0 Å². The summed E-state index contributed by atoms with van der Waals surface area (Å²) in [6.45, 7) is 0.125. The molecule has 15 nitrogen and oxygen atoms in total. The van der Waals surface area contributed by atoms with E-state index in [9.17, 15) is 43.8 Å². The fourth-order valence-corrected chi connectivity index (χ4v) is 6.91. The summed E-state index contributed by atoms with van der Waals surface area (Å²) >= 11 is 0.713. The molecule has 0 aliphatic carbocycles. The lowest BCUT2D eigenvalue weighted by molar-refractivity contribution is -0.187. The molecule has 3 aliphatic heterocycles. The van der Waals surface area contributed by atoms with Crippen molar-refractivity contribution in [3.05, 3.63) is 41.3 Å². The van der Waals surface area contributed by atoms with Crippen molar-refractivity contribution >= 4 is 29.4 Å². The van der Waals surface area contributed by atoms with Gasteiger partial charge in [-0.3, -0.25) is 4.99 Å². The number of aliphatic hydroxyl groups excluding tert-OH is 6. The Balaban J connectivity index is 1.54.